The van der Waals surface area contributed by atoms with Crippen molar-refractivity contribution in [2.45, 2.75) is 141 Å². The second-order valence-electron chi connectivity index (χ2n) is 15.1. The van der Waals surface area contributed by atoms with E-state index in [1.54, 1.807) is 27.8 Å². The third kappa shape index (κ3) is 9.65. The number of nitrogens with one attached hydrogen (secondary N) is 1. The summed E-state index contributed by atoms with van der Waals surface area (Å²) in [6.07, 6.45) is -5.49. The van der Waals surface area contributed by atoms with Gasteiger partial charge in [0.2, 0.25) is 11.8 Å². The topological polar surface area (TPSA) is 166 Å². The van der Waals surface area contributed by atoms with E-state index in [0.29, 0.717) is 13.0 Å². The fourth-order valence-electron chi connectivity index (χ4n) is 7.73. The van der Waals surface area contributed by atoms with E-state index in [4.69, 9.17) is 28.4 Å². The lowest BCUT2D eigenvalue weighted by atomic mass is 9.77. The van der Waals surface area contributed by atoms with Gasteiger partial charge in [-0.1, -0.05) is 20.8 Å². The quantitative estimate of drug-likeness (QED) is 0.329. The maximum Gasteiger partial charge on any atom is 0.303 e. The van der Waals surface area contributed by atoms with Gasteiger partial charge >= 0.3 is 5.97 Å². The Balaban J connectivity index is 2.06. The predicted octanol–water partition coefficient (Wildman–Crippen LogP) is 1.29. The van der Waals surface area contributed by atoms with Crippen molar-refractivity contribution in [3.8, 4) is 0 Å². The molecule has 0 aliphatic carbocycles. The molecule has 48 heavy (non-hydrogen) atoms. The van der Waals surface area contributed by atoms with Crippen LogP contribution in [0.2, 0.25) is 0 Å². The molecule has 0 aromatic carbocycles. The SMILES string of the molecule is CO[C@]1(C)C[C@H](O[C@H]2[C@H](C)[C@@H](O[C@@H]3O[C@H](C)C[C@H](N(C)C)[C@H]3O)[C@](C)(O)C[C@@H](C)CN(C)C(=O)CNC(=O)[C@@H]2C)O[C@@H](C)[C@@H]1OC(C)=O. The number of nitrogens with zero attached hydrogens (tertiary/aromatic N) is 2. The van der Waals surface area contributed by atoms with Crippen LogP contribution in [0.3, 0.4) is 0 Å². The Morgan fingerprint density at radius 2 is 1.69 bits per heavy atom. The third-order valence-corrected chi connectivity index (χ3v) is 10.3. The average molecular weight is 688 g/mol. The van der Waals surface area contributed by atoms with Crippen LogP contribution >= 0.6 is 0 Å². The highest BCUT2D eigenvalue weighted by atomic mass is 16.7. The van der Waals surface area contributed by atoms with Crippen molar-refractivity contribution >= 4 is 17.8 Å². The first kappa shape index (κ1) is 40.5. The molecular weight excluding hydrogens is 626 g/mol. The molecule has 3 aliphatic rings. The van der Waals surface area contributed by atoms with Crippen molar-refractivity contribution in [3.05, 3.63) is 0 Å². The summed E-state index contributed by atoms with van der Waals surface area (Å²) in [7, 11) is 6.96. The monoisotopic (exact) mass is 687 g/mol. The van der Waals surface area contributed by atoms with E-state index in [1.807, 2.05) is 46.7 Å². The Labute approximate surface area is 286 Å². The van der Waals surface area contributed by atoms with Gasteiger partial charge in [0, 0.05) is 46.0 Å². The van der Waals surface area contributed by atoms with Crippen molar-refractivity contribution in [2.24, 2.45) is 17.8 Å². The van der Waals surface area contributed by atoms with Gasteiger partial charge in [0.1, 0.15) is 11.7 Å². The summed E-state index contributed by atoms with van der Waals surface area (Å²) < 4.78 is 37.1. The zero-order valence-electron chi connectivity index (χ0n) is 30.9. The lowest BCUT2D eigenvalue weighted by molar-refractivity contribution is -0.318. The van der Waals surface area contributed by atoms with Gasteiger partial charge in [0.15, 0.2) is 18.7 Å². The number of hydrogen-bond donors (Lipinski definition) is 3. The molecule has 3 saturated heterocycles. The molecule has 3 N–H and O–H groups in total. The summed E-state index contributed by atoms with van der Waals surface area (Å²) in [6.45, 7) is 14.1. The summed E-state index contributed by atoms with van der Waals surface area (Å²) in [6, 6.07) is -0.252. The number of carbonyl (C=O) groups is 3. The van der Waals surface area contributed by atoms with Crippen LogP contribution in [0.25, 0.3) is 0 Å². The first-order chi connectivity index (χ1) is 22.2. The van der Waals surface area contributed by atoms with E-state index in [2.05, 4.69) is 5.32 Å². The molecule has 0 bridgehead atoms. The Morgan fingerprint density at radius 1 is 1.04 bits per heavy atom. The van der Waals surface area contributed by atoms with Crippen molar-refractivity contribution < 1.29 is 53.0 Å². The van der Waals surface area contributed by atoms with Crippen molar-refractivity contribution in [1.29, 1.82) is 0 Å². The van der Waals surface area contributed by atoms with E-state index in [-0.39, 0.29) is 43.4 Å². The molecule has 0 aromatic heterocycles. The molecule has 278 valence electrons. The van der Waals surface area contributed by atoms with E-state index in [1.165, 1.54) is 18.9 Å². The minimum absolute atomic E-state index is 0.158. The fourth-order valence-corrected chi connectivity index (χ4v) is 7.73. The van der Waals surface area contributed by atoms with Gasteiger partial charge in [-0.05, 0) is 60.5 Å². The van der Waals surface area contributed by atoms with Crippen molar-refractivity contribution in [2.75, 3.05) is 41.3 Å². The van der Waals surface area contributed by atoms with Crippen LogP contribution in [0.15, 0.2) is 0 Å². The zero-order chi connectivity index (χ0) is 36.3. The van der Waals surface area contributed by atoms with Gasteiger partial charge < -0.3 is 53.8 Å². The average Bonchev–Trinajstić information content (AvgIpc) is 2.98. The van der Waals surface area contributed by atoms with E-state index < -0.39 is 78.0 Å². The molecule has 3 heterocycles. The molecule has 0 saturated carbocycles. The summed E-state index contributed by atoms with van der Waals surface area (Å²) >= 11 is 0. The Bertz CT molecular complexity index is 1110. The molecular formula is C34H61N3O11. The Hall–Kier alpha value is -1.91. The normalized spacial score (nSPS) is 43.9. The number of rotatable bonds is 7. The summed E-state index contributed by atoms with van der Waals surface area (Å²) in [5, 5.41) is 26.4. The van der Waals surface area contributed by atoms with Crippen LogP contribution in [0.5, 0.6) is 0 Å². The molecule has 0 unspecified atom stereocenters. The van der Waals surface area contributed by atoms with E-state index >= 15 is 0 Å². The van der Waals surface area contributed by atoms with Crippen LogP contribution in [0, 0.1) is 17.8 Å². The minimum atomic E-state index is -1.52. The van der Waals surface area contributed by atoms with Crippen LogP contribution in [-0.2, 0) is 42.8 Å². The summed E-state index contributed by atoms with van der Waals surface area (Å²) in [4.78, 5) is 42.0. The molecule has 14 atom stereocenters. The highest BCUT2D eigenvalue weighted by Gasteiger charge is 2.52. The number of esters is 1. The number of methoxy groups -OCH3 is 1. The van der Waals surface area contributed by atoms with Gasteiger partial charge in [-0.15, -0.1) is 0 Å². The molecule has 0 aromatic rings. The standard InChI is InChI=1S/C34H61N3O11/c1-18-14-33(7,42)29(48-32-27(40)24(36(9)10)13-19(2)44-32)20(3)28(21(4)31(41)35-16-25(39)37(11)17-18)47-26-15-34(8,43-12)30(22(5)45-26)46-23(6)38/h18-22,24,26-30,32,40,42H,13-17H2,1-12H3,(H,35,41)/t18-,19-,20+,21-,22+,24+,26+,27-,28+,29-,30+,32+,33-,34-/m1/s1. The minimum Gasteiger partial charge on any atom is -0.457 e. The van der Waals surface area contributed by atoms with Crippen LogP contribution in [0.4, 0.5) is 0 Å². The number of amides is 2. The lowest BCUT2D eigenvalue weighted by Crippen LogP contribution is -2.61. The van der Waals surface area contributed by atoms with Crippen molar-refractivity contribution in [1.82, 2.24) is 15.1 Å². The molecule has 3 rings (SSSR count). The van der Waals surface area contributed by atoms with Gasteiger partial charge in [-0.3, -0.25) is 14.4 Å². The number of aliphatic hydroxyl groups is 2. The number of aliphatic hydroxyl groups excluding tert-OH is 1. The zero-order valence-corrected chi connectivity index (χ0v) is 30.9. The highest BCUT2D eigenvalue weighted by molar-refractivity contribution is 5.85. The number of likely N-dealkylation sites (N-methyl/N-ethyl adjacent to an activating group) is 2. The first-order valence-corrected chi connectivity index (χ1v) is 17.1. The van der Waals surface area contributed by atoms with Gasteiger partial charge in [-0.2, -0.15) is 0 Å². The smallest absolute Gasteiger partial charge is 0.303 e. The molecule has 0 spiro atoms. The fraction of sp³-hybridized carbons (Fsp3) is 0.912. The van der Waals surface area contributed by atoms with Crippen LogP contribution in [0.1, 0.15) is 74.7 Å². The maximum atomic E-state index is 13.7. The van der Waals surface area contributed by atoms with Crippen LogP contribution in [-0.4, -0.2) is 146 Å². The van der Waals surface area contributed by atoms with Crippen LogP contribution < -0.4 is 5.32 Å². The third-order valence-electron chi connectivity index (χ3n) is 10.3. The highest BCUT2D eigenvalue weighted by Crippen LogP contribution is 2.40. The molecule has 3 fully saturated rings. The Morgan fingerprint density at radius 3 is 2.27 bits per heavy atom. The lowest BCUT2D eigenvalue weighted by Gasteiger charge is -2.49. The molecule has 0 radical (unpaired) electrons. The maximum absolute atomic E-state index is 13.7. The van der Waals surface area contributed by atoms with Gasteiger partial charge in [0.25, 0.3) is 0 Å². The number of carbonyl (C=O) groups excluding carboxylic acids is 3. The molecule has 2 amide bonds. The number of hydrogen-bond acceptors (Lipinski definition) is 12. The molecule has 3 aliphatic heterocycles. The predicted molar refractivity (Wildman–Crippen MR) is 175 cm³/mol. The van der Waals surface area contributed by atoms with Gasteiger partial charge in [-0.25, -0.2) is 0 Å². The molecule has 14 heteroatoms. The van der Waals surface area contributed by atoms with E-state index in [9.17, 15) is 24.6 Å². The number of ether oxygens (including phenoxy) is 6. The Kier molecular flexibility index (Phi) is 13.9. The first-order valence-electron chi connectivity index (χ1n) is 17.1. The van der Waals surface area contributed by atoms with Gasteiger partial charge in [0.05, 0.1) is 42.5 Å². The summed E-state index contributed by atoms with van der Waals surface area (Å²) in [5.74, 6) is -2.84. The van der Waals surface area contributed by atoms with E-state index in [0.717, 1.165) is 0 Å². The van der Waals surface area contributed by atoms with Crippen molar-refractivity contribution in [3.63, 3.8) is 0 Å². The molecule has 14 nitrogen and oxygen atoms in total. The second-order valence-corrected chi connectivity index (χ2v) is 15.1. The second kappa shape index (κ2) is 16.4. The summed E-state index contributed by atoms with van der Waals surface area (Å²) in [5.41, 5.74) is -2.49. The largest absolute Gasteiger partial charge is 0.457 e.